The quantitative estimate of drug-likeness (QED) is 0.758. The molecule has 1 heterocycles. The average Bonchev–Trinajstić information content (AvgIpc) is 3.11. The Morgan fingerprint density at radius 1 is 1.04 bits per heavy atom. The molecule has 0 aliphatic heterocycles. The summed E-state index contributed by atoms with van der Waals surface area (Å²) in [6, 6.07) is 11.8. The molecule has 2 aromatic rings. The van der Waals surface area contributed by atoms with E-state index in [9.17, 15) is 18.0 Å². The number of thiophene rings is 1. The molecule has 2 N–H and O–H groups in total. The Bertz CT molecular complexity index is 787. The van der Waals surface area contributed by atoms with Gasteiger partial charge in [-0.05, 0) is 23.9 Å². The Morgan fingerprint density at radius 3 is 2.29 bits per heavy atom. The molecule has 0 aliphatic rings. The van der Waals surface area contributed by atoms with Crippen LogP contribution < -0.4 is 10.6 Å². The summed E-state index contributed by atoms with van der Waals surface area (Å²) >= 11 is 1.12. The Morgan fingerprint density at radius 2 is 1.71 bits per heavy atom. The second-order valence-electron chi connectivity index (χ2n) is 4.95. The molecule has 0 saturated heterocycles. The summed E-state index contributed by atoms with van der Waals surface area (Å²) in [7, 11) is -3.67. The number of amides is 2. The fourth-order valence-corrected chi connectivity index (χ4v) is 5.01. The second kappa shape index (κ2) is 8.07. The van der Waals surface area contributed by atoms with Crippen molar-refractivity contribution in [3.8, 4) is 0 Å². The molecule has 1 atom stereocenters. The van der Waals surface area contributed by atoms with E-state index in [0.29, 0.717) is 12.1 Å². The van der Waals surface area contributed by atoms with E-state index in [-0.39, 0.29) is 10.8 Å². The summed E-state index contributed by atoms with van der Waals surface area (Å²) in [6.45, 7) is 1.83. The van der Waals surface area contributed by atoms with Crippen LogP contribution in [0.1, 0.15) is 17.7 Å². The number of benzene rings is 1. The SMILES string of the molecule is CCNC(=O)C(=O)NC[C@H](c1ccccc1)S(=O)(=O)c1cccs1. The van der Waals surface area contributed by atoms with Crippen LogP contribution in [0, 0.1) is 0 Å². The van der Waals surface area contributed by atoms with E-state index in [1.807, 2.05) is 0 Å². The van der Waals surface area contributed by atoms with Crippen molar-refractivity contribution in [3.63, 3.8) is 0 Å². The van der Waals surface area contributed by atoms with Crippen LogP contribution in [-0.2, 0) is 19.4 Å². The van der Waals surface area contributed by atoms with Gasteiger partial charge in [-0.3, -0.25) is 9.59 Å². The zero-order chi connectivity index (χ0) is 17.6. The number of sulfone groups is 1. The molecule has 0 bridgehead atoms. The van der Waals surface area contributed by atoms with E-state index in [0.717, 1.165) is 11.3 Å². The molecule has 0 unspecified atom stereocenters. The van der Waals surface area contributed by atoms with Crippen LogP contribution in [0.5, 0.6) is 0 Å². The molecule has 0 aliphatic carbocycles. The van der Waals surface area contributed by atoms with Crippen molar-refractivity contribution in [1.82, 2.24) is 10.6 Å². The maximum Gasteiger partial charge on any atom is 0.309 e. The highest BCUT2D eigenvalue weighted by molar-refractivity contribution is 7.93. The summed E-state index contributed by atoms with van der Waals surface area (Å²) in [5.41, 5.74) is 0.557. The van der Waals surface area contributed by atoms with Gasteiger partial charge >= 0.3 is 11.8 Å². The summed E-state index contributed by atoms with van der Waals surface area (Å²) in [6.07, 6.45) is 0. The van der Waals surface area contributed by atoms with Gasteiger partial charge in [0, 0.05) is 13.1 Å². The lowest BCUT2D eigenvalue weighted by atomic mass is 10.1. The molecule has 24 heavy (non-hydrogen) atoms. The molecule has 2 rings (SSSR count). The first-order chi connectivity index (χ1) is 11.5. The van der Waals surface area contributed by atoms with Gasteiger partial charge in [0.2, 0.25) is 0 Å². The first kappa shape index (κ1) is 18.2. The molecule has 0 saturated carbocycles. The van der Waals surface area contributed by atoms with Crippen molar-refractivity contribution in [2.75, 3.05) is 13.1 Å². The largest absolute Gasteiger partial charge is 0.348 e. The third kappa shape index (κ3) is 4.21. The molecule has 8 heteroatoms. The predicted molar refractivity (Wildman–Crippen MR) is 92.4 cm³/mol. The first-order valence-corrected chi connectivity index (χ1v) is 9.77. The minimum absolute atomic E-state index is 0.180. The smallest absolute Gasteiger partial charge is 0.309 e. The molecule has 1 aromatic heterocycles. The number of rotatable bonds is 6. The van der Waals surface area contributed by atoms with Gasteiger partial charge in [0.15, 0.2) is 9.84 Å². The zero-order valence-electron chi connectivity index (χ0n) is 13.1. The van der Waals surface area contributed by atoms with Gasteiger partial charge in [0.25, 0.3) is 0 Å². The Labute approximate surface area is 144 Å². The third-order valence-electron chi connectivity index (χ3n) is 3.31. The average molecular weight is 366 g/mol. The Hall–Kier alpha value is -2.19. The van der Waals surface area contributed by atoms with E-state index in [4.69, 9.17) is 0 Å². The first-order valence-electron chi connectivity index (χ1n) is 7.35. The summed E-state index contributed by atoms with van der Waals surface area (Å²) in [5, 5.41) is 5.51. The molecule has 0 fully saturated rings. The van der Waals surface area contributed by atoms with E-state index >= 15 is 0 Å². The van der Waals surface area contributed by atoms with Crippen molar-refractivity contribution in [1.29, 1.82) is 0 Å². The van der Waals surface area contributed by atoms with Gasteiger partial charge in [-0.1, -0.05) is 36.4 Å². The Balaban J connectivity index is 2.25. The van der Waals surface area contributed by atoms with Gasteiger partial charge in [-0.25, -0.2) is 8.42 Å². The molecule has 1 aromatic carbocycles. The number of hydrogen-bond donors (Lipinski definition) is 2. The topological polar surface area (TPSA) is 92.3 Å². The number of carbonyl (C=O) groups excluding carboxylic acids is 2. The maximum absolute atomic E-state index is 12.9. The molecule has 0 spiro atoms. The Kier molecular flexibility index (Phi) is 6.10. The van der Waals surface area contributed by atoms with Gasteiger partial charge in [0.1, 0.15) is 9.46 Å². The molecule has 128 valence electrons. The monoisotopic (exact) mass is 366 g/mol. The highest BCUT2D eigenvalue weighted by Crippen LogP contribution is 2.30. The lowest BCUT2D eigenvalue weighted by Crippen LogP contribution is -2.42. The molecule has 2 amide bonds. The normalized spacial score (nSPS) is 12.4. The van der Waals surface area contributed by atoms with E-state index in [2.05, 4.69) is 10.6 Å². The summed E-state index contributed by atoms with van der Waals surface area (Å²) < 4.78 is 25.9. The number of hydrogen-bond acceptors (Lipinski definition) is 5. The highest BCUT2D eigenvalue weighted by atomic mass is 32.2. The van der Waals surface area contributed by atoms with E-state index in [1.165, 1.54) is 6.07 Å². The van der Waals surface area contributed by atoms with Crippen LogP contribution in [0.3, 0.4) is 0 Å². The van der Waals surface area contributed by atoms with Crippen LogP contribution in [0.2, 0.25) is 0 Å². The third-order valence-corrected chi connectivity index (χ3v) is 6.85. The zero-order valence-corrected chi connectivity index (χ0v) is 14.7. The maximum atomic E-state index is 12.9. The number of nitrogens with one attached hydrogen (secondary N) is 2. The standard InChI is InChI=1S/C16H18N2O4S2/c1-2-17-15(19)16(20)18-11-13(12-7-4-3-5-8-12)24(21,22)14-9-6-10-23-14/h3-10,13H,2,11H2,1H3,(H,17,19)(H,18,20)/t13-/m1/s1. The molecule has 0 radical (unpaired) electrons. The lowest BCUT2D eigenvalue weighted by molar-refractivity contribution is -0.139. The van der Waals surface area contributed by atoms with Crippen LogP contribution in [0.4, 0.5) is 0 Å². The van der Waals surface area contributed by atoms with Crippen molar-refractivity contribution >= 4 is 33.0 Å². The van der Waals surface area contributed by atoms with Gasteiger partial charge in [-0.2, -0.15) is 0 Å². The second-order valence-corrected chi connectivity index (χ2v) is 8.25. The molecular formula is C16H18N2O4S2. The van der Waals surface area contributed by atoms with Crippen LogP contribution in [-0.4, -0.2) is 33.3 Å². The fraction of sp³-hybridized carbons (Fsp3) is 0.250. The fourth-order valence-electron chi connectivity index (χ4n) is 2.15. The van der Waals surface area contributed by atoms with Crippen molar-refractivity contribution in [2.24, 2.45) is 0 Å². The molecular weight excluding hydrogens is 348 g/mol. The van der Waals surface area contributed by atoms with E-state index < -0.39 is 26.9 Å². The lowest BCUT2D eigenvalue weighted by Gasteiger charge is -2.18. The number of likely N-dealkylation sites (N-methyl/N-ethyl adjacent to an activating group) is 1. The molecule has 6 nitrogen and oxygen atoms in total. The predicted octanol–water partition coefficient (Wildman–Crippen LogP) is 1.52. The summed E-state index contributed by atoms with van der Waals surface area (Å²) in [4.78, 5) is 23.3. The van der Waals surface area contributed by atoms with Crippen LogP contribution in [0.15, 0.2) is 52.1 Å². The van der Waals surface area contributed by atoms with Crippen molar-refractivity contribution in [2.45, 2.75) is 16.4 Å². The van der Waals surface area contributed by atoms with Crippen LogP contribution in [0.25, 0.3) is 0 Å². The highest BCUT2D eigenvalue weighted by Gasteiger charge is 2.30. The van der Waals surface area contributed by atoms with E-state index in [1.54, 1.807) is 48.7 Å². The van der Waals surface area contributed by atoms with Crippen molar-refractivity contribution < 1.29 is 18.0 Å². The summed E-state index contributed by atoms with van der Waals surface area (Å²) in [5.74, 6) is -1.63. The van der Waals surface area contributed by atoms with Gasteiger partial charge in [0.05, 0.1) is 0 Å². The minimum atomic E-state index is -3.67. The van der Waals surface area contributed by atoms with Crippen LogP contribution >= 0.6 is 11.3 Å². The van der Waals surface area contributed by atoms with Gasteiger partial charge in [-0.15, -0.1) is 11.3 Å². The minimum Gasteiger partial charge on any atom is -0.348 e. The van der Waals surface area contributed by atoms with Gasteiger partial charge < -0.3 is 10.6 Å². The number of carbonyl (C=O) groups is 2. The van der Waals surface area contributed by atoms with Crippen molar-refractivity contribution in [3.05, 3.63) is 53.4 Å².